The molecule has 3 N–H and O–H groups in total. The number of likely N-dealkylation sites (N-methyl/N-ethyl adjacent to an activating group) is 1. The molecular formula is C13H19N3O2. The third kappa shape index (κ3) is 4.55. The van der Waals surface area contributed by atoms with Gasteiger partial charge in [0.2, 0.25) is 11.8 Å². The van der Waals surface area contributed by atoms with Crippen molar-refractivity contribution in [2.75, 3.05) is 18.9 Å². The molecule has 0 fully saturated rings. The Bertz CT molecular complexity index is 432. The van der Waals surface area contributed by atoms with Gasteiger partial charge in [-0.05, 0) is 31.5 Å². The highest BCUT2D eigenvalue weighted by molar-refractivity contribution is 5.95. The normalized spacial score (nSPS) is 11.7. The minimum atomic E-state index is -0.428. The number of aryl methyl sites for hydroxylation is 1. The van der Waals surface area contributed by atoms with E-state index < -0.39 is 6.04 Å². The van der Waals surface area contributed by atoms with Crippen LogP contribution in [-0.4, -0.2) is 31.4 Å². The maximum absolute atomic E-state index is 11.8. The van der Waals surface area contributed by atoms with Gasteiger partial charge in [-0.1, -0.05) is 12.1 Å². The lowest BCUT2D eigenvalue weighted by atomic mass is 10.2. The molecule has 1 aromatic rings. The van der Waals surface area contributed by atoms with Crippen molar-refractivity contribution in [3.8, 4) is 0 Å². The zero-order valence-corrected chi connectivity index (χ0v) is 10.9. The average molecular weight is 249 g/mol. The van der Waals surface area contributed by atoms with E-state index >= 15 is 0 Å². The van der Waals surface area contributed by atoms with Crippen molar-refractivity contribution in [2.45, 2.75) is 19.9 Å². The quantitative estimate of drug-likeness (QED) is 0.718. The van der Waals surface area contributed by atoms with Gasteiger partial charge >= 0.3 is 0 Å². The molecule has 0 aliphatic heterocycles. The Morgan fingerprint density at radius 2 is 2.06 bits per heavy atom. The number of amides is 2. The van der Waals surface area contributed by atoms with E-state index in [0.29, 0.717) is 0 Å². The number of rotatable bonds is 5. The van der Waals surface area contributed by atoms with Crippen LogP contribution in [0.1, 0.15) is 12.5 Å². The minimum absolute atomic E-state index is 0.124. The second-order valence-corrected chi connectivity index (χ2v) is 4.13. The SMILES string of the molecule is CNC(=O)CN[C@@H](C)C(=O)Nc1cccc(C)c1. The molecule has 1 rings (SSSR count). The van der Waals surface area contributed by atoms with Crippen LogP contribution in [0.15, 0.2) is 24.3 Å². The van der Waals surface area contributed by atoms with Crippen molar-refractivity contribution in [1.29, 1.82) is 0 Å². The molecule has 98 valence electrons. The van der Waals surface area contributed by atoms with E-state index in [1.807, 2.05) is 31.2 Å². The van der Waals surface area contributed by atoms with Crippen LogP contribution in [0, 0.1) is 6.92 Å². The number of hydrogen-bond donors (Lipinski definition) is 3. The third-order valence-corrected chi connectivity index (χ3v) is 2.53. The molecule has 0 bridgehead atoms. The van der Waals surface area contributed by atoms with Crippen molar-refractivity contribution < 1.29 is 9.59 Å². The summed E-state index contributed by atoms with van der Waals surface area (Å²) < 4.78 is 0. The molecule has 0 saturated heterocycles. The highest BCUT2D eigenvalue weighted by Crippen LogP contribution is 2.09. The van der Waals surface area contributed by atoms with Crippen LogP contribution in [-0.2, 0) is 9.59 Å². The van der Waals surface area contributed by atoms with E-state index in [0.717, 1.165) is 11.3 Å². The third-order valence-electron chi connectivity index (χ3n) is 2.53. The topological polar surface area (TPSA) is 70.2 Å². The fourth-order valence-corrected chi connectivity index (χ4v) is 1.40. The van der Waals surface area contributed by atoms with Gasteiger partial charge in [0.15, 0.2) is 0 Å². The van der Waals surface area contributed by atoms with Crippen LogP contribution in [0.3, 0.4) is 0 Å². The number of benzene rings is 1. The largest absolute Gasteiger partial charge is 0.358 e. The van der Waals surface area contributed by atoms with Gasteiger partial charge in [-0.2, -0.15) is 0 Å². The molecule has 5 nitrogen and oxygen atoms in total. The zero-order valence-electron chi connectivity index (χ0n) is 10.9. The van der Waals surface area contributed by atoms with Crippen molar-refractivity contribution in [3.63, 3.8) is 0 Å². The lowest BCUT2D eigenvalue weighted by Crippen LogP contribution is -2.42. The molecule has 0 unspecified atom stereocenters. The minimum Gasteiger partial charge on any atom is -0.358 e. The maximum atomic E-state index is 11.8. The summed E-state index contributed by atoms with van der Waals surface area (Å²) in [5, 5.41) is 8.12. The van der Waals surface area contributed by atoms with Crippen molar-refractivity contribution in [3.05, 3.63) is 29.8 Å². The number of carbonyl (C=O) groups is 2. The summed E-state index contributed by atoms with van der Waals surface area (Å²) >= 11 is 0. The monoisotopic (exact) mass is 249 g/mol. The second kappa shape index (κ2) is 6.76. The molecule has 5 heteroatoms. The summed E-state index contributed by atoms with van der Waals surface area (Å²) in [6.07, 6.45) is 0. The predicted molar refractivity (Wildman–Crippen MR) is 71.3 cm³/mol. The van der Waals surface area contributed by atoms with Crippen LogP contribution in [0.25, 0.3) is 0 Å². The molecule has 0 saturated carbocycles. The Morgan fingerprint density at radius 3 is 2.67 bits per heavy atom. The highest BCUT2D eigenvalue weighted by atomic mass is 16.2. The molecule has 0 radical (unpaired) electrons. The van der Waals surface area contributed by atoms with E-state index in [9.17, 15) is 9.59 Å². The molecule has 1 aromatic carbocycles. The molecule has 0 aromatic heterocycles. The van der Waals surface area contributed by atoms with Crippen molar-refractivity contribution >= 4 is 17.5 Å². The summed E-state index contributed by atoms with van der Waals surface area (Å²) in [5.74, 6) is -0.310. The van der Waals surface area contributed by atoms with Crippen molar-refractivity contribution in [1.82, 2.24) is 10.6 Å². The predicted octanol–water partition coefficient (Wildman–Crippen LogP) is 0.658. The maximum Gasteiger partial charge on any atom is 0.241 e. The number of nitrogens with one attached hydrogen (secondary N) is 3. The van der Waals surface area contributed by atoms with Gasteiger partial charge in [-0.15, -0.1) is 0 Å². The summed E-state index contributed by atoms with van der Waals surface area (Å²) in [5.41, 5.74) is 1.84. The van der Waals surface area contributed by atoms with Gasteiger partial charge in [0.05, 0.1) is 12.6 Å². The number of carbonyl (C=O) groups excluding carboxylic acids is 2. The standard InChI is InChI=1S/C13H19N3O2/c1-9-5-4-6-11(7-9)16-13(18)10(2)15-8-12(17)14-3/h4-7,10,15H,8H2,1-3H3,(H,14,17)(H,16,18)/t10-/m0/s1. The molecule has 0 aliphatic rings. The van der Waals surface area contributed by atoms with E-state index in [1.165, 1.54) is 0 Å². The molecular weight excluding hydrogens is 230 g/mol. The zero-order chi connectivity index (χ0) is 13.5. The fourth-order valence-electron chi connectivity index (χ4n) is 1.40. The van der Waals surface area contributed by atoms with Gasteiger partial charge in [0.1, 0.15) is 0 Å². The smallest absolute Gasteiger partial charge is 0.241 e. The highest BCUT2D eigenvalue weighted by Gasteiger charge is 2.13. The van der Waals surface area contributed by atoms with E-state index in [4.69, 9.17) is 0 Å². The lowest BCUT2D eigenvalue weighted by Gasteiger charge is -2.13. The molecule has 0 aliphatic carbocycles. The Labute approximate surface area is 107 Å². The Hall–Kier alpha value is -1.88. The fraction of sp³-hybridized carbons (Fsp3) is 0.385. The Balaban J connectivity index is 2.47. The van der Waals surface area contributed by atoms with E-state index in [-0.39, 0.29) is 18.4 Å². The van der Waals surface area contributed by atoms with Crippen LogP contribution in [0.5, 0.6) is 0 Å². The summed E-state index contributed by atoms with van der Waals surface area (Å²) in [6.45, 7) is 3.80. The summed E-state index contributed by atoms with van der Waals surface area (Å²) in [6, 6.07) is 7.14. The van der Waals surface area contributed by atoms with Crippen LogP contribution in [0.4, 0.5) is 5.69 Å². The van der Waals surface area contributed by atoms with E-state index in [2.05, 4.69) is 16.0 Å². The van der Waals surface area contributed by atoms with E-state index in [1.54, 1.807) is 14.0 Å². The molecule has 18 heavy (non-hydrogen) atoms. The first kappa shape index (κ1) is 14.2. The molecule has 0 heterocycles. The van der Waals surface area contributed by atoms with Crippen LogP contribution >= 0.6 is 0 Å². The lowest BCUT2D eigenvalue weighted by molar-refractivity contribution is -0.120. The summed E-state index contributed by atoms with van der Waals surface area (Å²) in [7, 11) is 1.56. The van der Waals surface area contributed by atoms with Crippen molar-refractivity contribution in [2.24, 2.45) is 0 Å². The summed E-state index contributed by atoms with van der Waals surface area (Å²) in [4.78, 5) is 22.9. The Morgan fingerprint density at radius 1 is 1.33 bits per heavy atom. The Kier molecular flexibility index (Phi) is 5.32. The molecule has 0 spiro atoms. The van der Waals surface area contributed by atoms with Gasteiger partial charge in [-0.25, -0.2) is 0 Å². The number of hydrogen-bond acceptors (Lipinski definition) is 3. The average Bonchev–Trinajstić information content (AvgIpc) is 2.35. The molecule has 1 atom stereocenters. The molecule has 2 amide bonds. The first-order valence-electron chi connectivity index (χ1n) is 5.84. The van der Waals surface area contributed by atoms with Crippen LogP contribution < -0.4 is 16.0 Å². The van der Waals surface area contributed by atoms with Gasteiger partial charge in [0.25, 0.3) is 0 Å². The van der Waals surface area contributed by atoms with Crippen LogP contribution in [0.2, 0.25) is 0 Å². The first-order chi connectivity index (χ1) is 8.52. The van der Waals surface area contributed by atoms with Gasteiger partial charge in [0, 0.05) is 12.7 Å². The first-order valence-corrected chi connectivity index (χ1v) is 5.84. The number of anilines is 1. The van der Waals surface area contributed by atoms with Gasteiger partial charge in [-0.3, -0.25) is 14.9 Å². The van der Waals surface area contributed by atoms with Gasteiger partial charge < -0.3 is 10.6 Å². The second-order valence-electron chi connectivity index (χ2n) is 4.13.